The number of urea groups is 1. The van der Waals surface area contributed by atoms with E-state index in [1.807, 2.05) is 0 Å². The average molecular weight is 394 g/mol. The van der Waals surface area contributed by atoms with Gasteiger partial charge in [0, 0.05) is 11.9 Å². The molecular weight excluding hydrogens is 376 g/mol. The number of fused-ring (bicyclic) bond motifs is 1. The predicted octanol–water partition coefficient (Wildman–Crippen LogP) is 1.53. The molecule has 1 heterocycles. The summed E-state index contributed by atoms with van der Waals surface area (Å²) in [6.45, 7) is 1.99. The lowest BCUT2D eigenvalue weighted by molar-refractivity contribution is -0.122. The predicted molar refractivity (Wildman–Crippen MR) is 105 cm³/mol. The summed E-state index contributed by atoms with van der Waals surface area (Å²) in [5, 5.41) is 18.4. The van der Waals surface area contributed by atoms with Crippen molar-refractivity contribution >= 4 is 28.7 Å². The molecule has 3 aromatic rings. The highest BCUT2D eigenvalue weighted by molar-refractivity contribution is 6.01. The van der Waals surface area contributed by atoms with Crippen LogP contribution in [-0.4, -0.2) is 39.3 Å². The molecule has 9 heteroatoms. The van der Waals surface area contributed by atoms with Crippen molar-refractivity contribution in [3.05, 3.63) is 76.2 Å². The van der Waals surface area contributed by atoms with Gasteiger partial charge in [0.05, 0.1) is 5.39 Å². The molecule has 3 amide bonds. The number of rotatable bonds is 5. The largest absolute Gasteiger partial charge is 0.476 e. The van der Waals surface area contributed by atoms with Crippen LogP contribution >= 0.6 is 0 Å². The van der Waals surface area contributed by atoms with Crippen molar-refractivity contribution < 1.29 is 19.5 Å². The fraction of sp³-hybridized carbons (Fsp3) is 0.150. The number of amides is 3. The molecule has 3 rings (SSSR count). The van der Waals surface area contributed by atoms with E-state index in [-0.39, 0.29) is 16.5 Å². The third-order valence-electron chi connectivity index (χ3n) is 4.21. The van der Waals surface area contributed by atoms with Crippen molar-refractivity contribution in [3.63, 3.8) is 0 Å². The Hall–Kier alpha value is -4.01. The first-order valence-electron chi connectivity index (χ1n) is 8.82. The zero-order valence-electron chi connectivity index (χ0n) is 15.5. The molecule has 0 radical (unpaired) electrons. The minimum absolute atomic E-state index is 0.103. The molecule has 0 saturated heterocycles. The Balaban J connectivity index is 2.23. The molecule has 2 aromatic carbocycles. The van der Waals surface area contributed by atoms with Gasteiger partial charge in [0.25, 0.3) is 11.5 Å². The smallest absolute Gasteiger partial charge is 0.357 e. The van der Waals surface area contributed by atoms with E-state index < -0.39 is 29.5 Å². The molecule has 148 valence electrons. The van der Waals surface area contributed by atoms with Gasteiger partial charge in [0.2, 0.25) is 0 Å². The quantitative estimate of drug-likeness (QED) is 0.602. The molecule has 1 aromatic heterocycles. The first-order valence-corrected chi connectivity index (χ1v) is 8.82. The van der Waals surface area contributed by atoms with E-state index in [1.165, 1.54) is 12.1 Å². The molecule has 0 spiro atoms. The third kappa shape index (κ3) is 3.98. The van der Waals surface area contributed by atoms with Gasteiger partial charge in [-0.05, 0) is 18.6 Å². The number of carbonyl (C=O) groups is 3. The second-order valence-corrected chi connectivity index (χ2v) is 6.11. The Kier molecular flexibility index (Phi) is 5.68. The van der Waals surface area contributed by atoms with Crippen LogP contribution in [0.3, 0.4) is 0 Å². The zero-order valence-corrected chi connectivity index (χ0v) is 15.5. The maximum atomic E-state index is 13.1. The second-order valence-electron chi connectivity index (χ2n) is 6.11. The maximum absolute atomic E-state index is 13.1. The van der Waals surface area contributed by atoms with E-state index in [9.17, 15) is 24.3 Å². The number of aromatic carboxylic acids is 1. The van der Waals surface area contributed by atoms with E-state index in [0.717, 1.165) is 4.68 Å². The van der Waals surface area contributed by atoms with Crippen LogP contribution in [0.1, 0.15) is 29.0 Å². The molecule has 0 aliphatic rings. The Morgan fingerprint density at radius 1 is 1.03 bits per heavy atom. The Morgan fingerprint density at radius 3 is 2.28 bits per heavy atom. The van der Waals surface area contributed by atoms with Crippen LogP contribution in [0, 0.1) is 0 Å². The number of benzene rings is 2. The molecule has 1 unspecified atom stereocenters. The van der Waals surface area contributed by atoms with Crippen molar-refractivity contribution in [3.8, 4) is 0 Å². The molecule has 9 nitrogen and oxygen atoms in total. The van der Waals surface area contributed by atoms with Gasteiger partial charge < -0.3 is 10.4 Å². The third-order valence-corrected chi connectivity index (χ3v) is 4.21. The first kappa shape index (κ1) is 19.7. The molecule has 0 aliphatic heterocycles. The topological polar surface area (TPSA) is 130 Å². The van der Waals surface area contributed by atoms with E-state index >= 15 is 0 Å². The van der Waals surface area contributed by atoms with Crippen molar-refractivity contribution in [1.82, 2.24) is 20.4 Å². The van der Waals surface area contributed by atoms with Crippen LogP contribution in [0.4, 0.5) is 4.79 Å². The maximum Gasteiger partial charge on any atom is 0.357 e. The van der Waals surface area contributed by atoms with Crippen LogP contribution in [-0.2, 0) is 4.79 Å². The highest BCUT2D eigenvalue weighted by Crippen LogP contribution is 2.20. The number of carboxylic acid groups (broad SMARTS) is 1. The summed E-state index contributed by atoms with van der Waals surface area (Å²) < 4.78 is 0.801. The number of carboxylic acids is 1. The number of hydrogen-bond donors (Lipinski definition) is 3. The molecule has 0 bridgehead atoms. The van der Waals surface area contributed by atoms with Gasteiger partial charge in [-0.25, -0.2) is 14.3 Å². The van der Waals surface area contributed by atoms with Crippen LogP contribution in [0.25, 0.3) is 10.8 Å². The Morgan fingerprint density at radius 2 is 1.66 bits per heavy atom. The van der Waals surface area contributed by atoms with Crippen LogP contribution in [0.15, 0.2) is 59.4 Å². The van der Waals surface area contributed by atoms with Gasteiger partial charge in [-0.15, -0.1) is 0 Å². The molecule has 29 heavy (non-hydrogen) atoms. The van der Waals surface area contributed by atoms with Gasteiger partial charge in [0.15, 0.2) is 11.7 Å². The average Bonchev–Trinajstić information content (AvgIpc) is 2.70. The summed E-state index contributed by atoms with van der Waals surface area (Å²) in [7, 11) is 0. The highest BCUT2D eigenvalue weighted by Gasteiger charge is 2.28. The van der Waals surface area contributed by atoms with Crippen LogP contribution in [0.2, 0.25) is 0 Å². The summed E-state index contributed by atoms with van der Waals surface area (Å²) in [5.41, 5.74) is -0.645. The lowest BCUT2D eigenvalue weighted by Gasteiger charge is -2.19. The summed E-state index contributed by atoms with van der Waals surface area (Å²) in [5.74, 6) is -2.16. The number of nitrogens with one attached hydrogen (secondary N) is 2. The molecule has 1 atom stereocenters. The normalized spacial score (nSPS) is 11.6. The summed E-state index contributed by atoms with van der Waals surface area (Å²) in [4.78, 5) is 49.5. The second kappa shape index (κ2) is 8.34. The number of hydrogen-bond acceptors (Lipinski definition) is 5. The zero-order chi connectivity index (χ0) is 21.0. The number of carbonyl (C=O) groups excluding carboxylic acids is 2. The fourth-order valence-electron chi connectivity index (χ4n) is 2.96. The van der Waals surface area contributed by atoms with Gasteiger partial charge in [-0.3, -0.25) is 14.9 Å². The summed E-state index contributed by atoms with van der Waals surface area (Å²) in [6, 6.07) is 12.3. The number of aromatic nitrogens is 2. The molecule has 3 N–H and O–H groups in total. The van der Waals surface area contributed by atoms with Crippen LogP contribution < -0.4 is 16.2 Å². The van der Waals surface area contributed by atoms with Crippen LogP contribution in [0.5, 0.6) is 0 Å². The van der Waals surface area contributed by atoms with Crippen molar-refractivity contribution in [2.45, 2.75) is 13.0 Å². The molecule has 0 saturated carbocycles. The lowest BCUT2D eigenvalue weighted by Crippen LogP contribution is -2.45. The van der Waals surface area contributed by atoms with E-state index in [1.54, 1.807) is 49.4 Å². The monoisotopic (exact) mass is 394 g/mol. The molecular formula is C20H18N4O5. The van der Waals surface area contributed by atoms with Crippen molar-refractivity contribution in [2.24, 2.45) is 0 Å². The number of nitrogens with zero attached hydrogens (tertiary/aromatic N) is 2. The van der Waals surface area contributed by atoms with Gasteiger partial charge in [-0.1, -0.05) is 48.5 Å². The van der Waals surface area contributed by atoms with E-state index in [0.29, 0.717) is 12.1 Å². The SMILES string of the molecule is CCNC(=O)NC(=O)C(c1ccccc1)n1nc(C(=O)O)c2ccccc2c1=O. The van der Waals surface area contributed by atoms with Gasteiger partial charge in [0.1, 0.15) is 0 Å². The summed E-state index contributed by atoms with van der Waals surface area (Å²) >= 11 is 0. The minimum atomic E-state index is -1.34. The van der Waals surface area contributed by atoms with E-state index in [2.05, 4.69) is 15.7 Å². The van der Waals surface area contributed by atoms with Crippen molar-refractivity contribution in [1.29, 1.82) is 0 Å². The summed E-state index contributed by atoms with van der Waals surface area (Å²) in [6.07, 6.45) is 0. The standard InChI is InChI=1S/C20H18N4O5/c1-2-21-20(29)22-17(25)16(12-8-4-3-5-9-12)24-18(26)14-11-7-6-10-13(14)15(23-24)19(27)28/h3-11,16H,2H2,1H3,(H,27,28)(H2,21,22,25,29). The highest BCUT2D eigenvalue weighted by atomic mass is 16.4. The Bertz CT molecular complexity index is 1140. The van der Waals surface area contributed by atoms with Crippen molar-refractivity contribution in [2.75, 3.05) is 6.54 Å². The molecule has 0 aliphatic carbocycles. The van der Waals surface area contributed by atoms with Gasteiger partial charge >= 0.3 is 12.0 Å². The number of imide groups is 1. The van der Waals surface area contributed by atoms with Gasteiger partial charge in [-0.2, -0.15) is 5.10 Å². The molecule has 0 fully saturated rings. The first-order chi connectivity index (χ1) is 13.9. The fourth-order valence-corrected chi connectivity index (χ4v) is 2.96. The van der Waals surface area contributed by atoms with E-state index in [4.69, 9.17) is 0 Å². The lowest BCUT2D eigenvalue weighted by atomic mass is 10.1. The minimum Gasteiger partial charge on any atom is -0.476 e. The Labute approximate surface area is 165 Å².